The van der Waals surface area contributed by atoms with Gasteiger partial charge in [-0.2, -0.15) is 0 Å². The van der Waals surface area contributed by atoms with Gasteiger partial charge in [-0.1, -0.05) is 32.0 Å². The number of amides is 1. The third kappa shape index (κ3) is 2.85. The number of aryl methyl sites for hydroxylation is 2. The SMILES string of the molecule is CCN(C)CC1(C(=O)O)CN(c2c(C)cccc2C)C(=O)C1C. The minimum Gasteiger partial charge on any atom is -0.481 e. The van der Waals surface area contributed by atoms with E-state index >= 15 is 0 Å². The zero-order valence-electron chi connectivity index (χ0n) is 14.6. The molecule has 2 rings (SSSR count). The van der Waals surface area contributed by atoms with Crippen LogP contribution < -0.4 is 4.90 Å². The average Bonchev–Trinajstić information content (AvgIpc) is 2.73. The summed E-state index contributed by atoms with van der Waals surface area (Å²) >= 11 is 0. The molecular weight excluding hydrogens is 292 g/mol. The molecule has 2 atom stereocenters. The molecule has 1 aromatic rings. The third-order valence-electron chi connectivity index (χ3n) is 5.13. The number of nitrogens with zero attached hydrogens (tertiary/aromatic N) is 2. The molecular formula is C18H26N2O3. The lowest BCUT2D eigenvalue weighted by molar-refractivity contribution is -0.152. The van der Waals surface area contributed by atoms with Crippen LogP contribution in [-0.2, 0) is 9.59 Å². The van der Waals surface area contributed by atoms with E-state index < -0.39 is 17.3 Å². The standard InChI is InChI=1S/C18H26N2O3/c1-6-19(5)10-18(17(22)23)11-20(16(21)14(18)4)15-12(2)8-7-9-13(15)3/h7-9,14H,6,10-11H2,1-5H3,(H,22,23). The maximum absolute atomic E-state index is 12.8. The van der Waals surface area contributed by atoms with Crippen LogP contribution in [0, 0.1) is 25.2 Å². The van der Waals surface area contributed by atoms with Gasteiger partial charge in [-0.25, -0.2) is 0 Å². The monoisotopic (exact) mass is 318 g/mol. The fourth-order valence-electron chi connectivity index (χ4n) is 3.49. The Bertz CT molecular complexity index is 608. The van der Waals surface area contributed by atoms with Crippen LogP contribution in [0.1, 0.15) is 25.0 Å². The highest BCUT2D eigenvalue weighted by molar-refractivity contribution is 6.03. The number of carboxylic acids is 1. The van der Waals surface area contributed by atoms with Gasteiger partial charge in [0.25, 0.3) is 0 Å². The van der Waals surface area contributed by atoms with Gasteiger partial charge in [0.2, 0.25) is 5.91 Å². The number of carbonyl (C=O) groups excluding carboxylic acids is 1. The Morgan fingerprint density at radius 1 is 1.39 bits per heavy atom. The van der Waals surface area contributed by atoms with Crippen molar-refractivity contribution < 1.29 is 14.7 Å². The van der Waals surface area contributed by atoms with Crippen molar-refractivity contribution in [1.82, 2.24) is 4.90 Å². The molecule has 1 amide bonds. The number of anilines is 1. The van der Waals surface area contributed by atoms with E-state index in [0.29, 0.717) is 6.54 Å². The van der Waals surface area contributed by atoms with Gasteiger partial charge in [0.15, 0.2) is 0 Å². The molecule has 1 fully saturated rings. The predicted molar refractivity (Wildman–Crippen MR) is 90.7 cm³/mol. The first-order valence-electron chi connectivity index (χ1n) is 8.04. The van der Waals surface area contributed by atoms with Crippen molar-refractivity contribution in [3.05, 3.63) is 29.3 Å². The van der Waals surface area contributed by atoms with Crippen molar-refractivity contribution in [1.29, 1.82) is 0 Å². The van der Waals surface area contributed by atoms with E-state index in [2.05, 4.69) is 0 Å². The topological polar surface area (TPSA) is 60.9 Å². The lowest BCUT2D eigenvalue weighted by Gasteiger charge is -2.31. The molecule has 0 spiro atoms. The van der Waals surface area contributed by atoms with Crippen molar-refractivity contribution in [2.24, 2.45) is 11.3 Å². The molecule has 126 valence electrons. The molecule has 23 heavy (non-hydrogen) atoms. The highest BCUT2D eigenvalue weighted by Gasteiger charge is 2.56. The Kier molecular flexibility index (Phi) is 4.80. The van der Waals surface area contributed by atoms with Crippen LogP contribution in [0.3, 0.4) is 0 Å². The van der Waals surface area contributed by atoms with Crippen molar-refractivity contribution in [2.75, 3.05) is 31.6 Å². The number of carboxylic acid groups (broad SMARTS) is 1. The molecule has 0 bridgehead atoms. The first kappa shape index (κ1) is 17.5. The normalized spacial score (nSPS) is 24.5. The van der Waals surface area contributed by atoms with E-state index in [0.717, 1.165) is 23.4 Å². The molecule has 0 radical (unpaired) electrons. The fraction of sp³-hybridized carbons (Fsp3) is 0.556. The maximum Gasteiger partial charge on any atom is 0.313 e. The number of hydrogen-bond acceptors (Lipinski definition) is 3. The summed E-state index contributed by atoms with van der Waals surface area (Å²) in [6, 6.07) is 5.87. The van der Waals surface area contributed by atoms with Crippen LogP contribution in [-0.4, -0.2) is 48.6 Å². The summed E-state index contributed by atoms with van der Waals surface area (Å²) in [5.74, 6) is -1.55. The zero-order valence-corrected chi connectivity index (χ0v) is 14.6. The second-order valence-electron chi connectivity index (χ2n) is 6.68. The molecule has 1 aliphatic rings. The Morgan fingerprint density at radius 3 is 2.43 bits per heavy atom. The van der Waals surface area contributed by atoms with Crippen molar-refractivity contribution in [3.63, 3.8) is 0 Å². The van der Waals surface area contributed by atoms with Gasteiger partial charge < -0.3 is 14.9 Å². The first-order chi connectivity index (χ1) is 10.7. The highest BCUT2D eigenvalue weighted by Crippen LogP contribution is 2.42. The van der Waals surface area contributed by atoms with Crippen LogP contribution >= 0.6 is 0 Å². The number of carbonyl (C=O) groups is 2. The Morgan fingerprint density at radius 2 is 1.96 bits per heavy atom. The minimum atomic E-state index is -1.07. The predicted octanol–water partition coefficient (Wildman–Crippen LogP) is 2.31. The van der Waals surface area contributed by atoms with Crippen LogP contribution in [0.25, 0.3) is 0 Å². The lowest BCUT2D eigenvalue weighted by atomic mass is 9.78. The lowest BCUT2D eigenvalue weighted by Crippen LogP contribution is -2.47. The van der Waals surface area contributed by atoms with Gasteiger partial charge in [-0.15, -0.1) is 0 Å². The zero-order chi connectivity index (χ0) is 17.4. The van der Waals surface area contributed by atoms with Crippen LogP contribution in [0.15, 0.2) is 18.2 Å². The molecule has 0 aromatic heterocycles. The molecule has 1 saturated heterocycles. The number of para-hydroxylation sites is 1. The summed E-state index contributed by atoms with van der Waals surface area (Å²) in [5.41, 5.74) is 1.77. The smallest absolute Gasteiger partial charge is 0.313 e. The molecule has 5 nitrogen and oxygen atoms in total. The number of aliphatic carboxylic acids is 1. The van der Waals surface area contributed by atoms with Crippen LogP contribution in [0.4, 0.5) is 5.69 Å². The molecule has 0 aliphatic carbocycles. The highest BCUT2D eigenvalue weighted by atomic mass is 16.4. The summed E-state index contributed by atoms with van der Waals surface area (Å²) in [6.45, 7) is 8.98. The summed E-state index contributed by atoms with van der Waals surface area (Å²) in [6.07, 6.45) is 0. The van der Waals surface area contributed by atoms with Gasteiger partial charge >= 0.3 is 5.97 Å². The Balaban J connectivity index is 2.47. The number of hydrogen-bond donors (Lipinski definition) is 1. The van der Waals surface area contributed by atoms with Crippen molar-refractivity contribution in [2.45, 2.75) is 27.7 Å². The largest absolute Gasteiger partial charge is 0.481 e. The minimum absolute atomic E-state index is 0.102. The number of rotatable bonds is 5. The Labute approximate surface area is 137 Å². The summed E-state index contributed by atoms with van der Waals surface area (Å²) < 4.78 is 0. The molecule has 1 aromatic carbocycles. The molecule has 1 N–H and O–H groups in total. The fourth-order valence-corrected chi connectivity index (χ4v) is 3.49. The quantitative estimate of drug-likeness (QED) is 0.905. The van der Waals surface area contributed by atoms with Gasteiger partial charge in [0, 0.05) is 18.8 Å². The van der Waals surface area contributed by atoms with E-state index in [1.807, 2.05) is 50.9 Å². The molecule has 2 unspecified atom stereocenters. The summed E-state index contributed by atoms with van der Waals surface area (Å²) in [5, 5.41) is 9.89. The number of benzene rings is 1. The second-order valence-corrected chi connectivity index (χ2v) is 6.68. The average molecular weight is 318 g/mol. The first-order valence-corrected chi connectivity index (χ1v) is 8.04. The van der Waals surface area contributed by atoms with Crippen molar-refractivity contribution in [3.8, 4) is 0 Å². The molecule has 1 heterocycles. The van der Waals surface area contributed by atoms with E-state index in [4.69, 9.17) is 0 Å². The van der Waals surface area contributed by atoms with Crippen LogP contribution in [0.5, 0.6) is 0 Å². The van der Waals surface area contributed by atoms with Gasteiger partial charge in [-0.3, -0.25) is 9.59 Å². The van der Waals surface area contributed by atoms with E-state index in [9.17, 15) is 14.7 Å². The molecule has 1 aliphatic heterocycles. The van der Waals surface area contributed by atoms with Crippen LogP contribution in [0.2, 0.25) is 0 Å². The maximum atomic E-state index is 12.8. The van der Waals surface area contributed by atoms with E-state index in [1.165, 1.54) is 0 Å². The summed E-state index contributed by atoms with van der Waals surface area (Å²) in [4.78, 5) is 28.6. The Hall–Kier alpha value is -1.88. The second kappa shape index (κ2) is 6.32. The third-order valence-corrected chi connectivity index (χ3v) is 5.13. The van der Waals surface area contributed by atoms with Crippen molar-refractivity contribution >= 4 is 17.6 Å². The summed E-state index contributed by atoms with van der Waals surface area (Å²) in [7, 11) is 1.89. The van der Waals surface area contributed by atoms with E-state index in [-0.39, 0.29) is 12.5 Å². The van der Waals surface area contributed by atoms with Gasteiger partial charge in [0.1, 0.15) is 5.41 Å². The van der Waals surface area contributed by atoms with Gasteiger partial charge in [-0.05, 0) is 38.6 Å². The molecule has 0 saturated carbocycles. The molecule has 5 heteroatoms. The van der Waals surface area contributed by atoms with E-state index in [1.54, 1.807) is 11.8 Å². The van der Waals surface area contributed by atoms with Gasteiger partial charge in [0.05, 0.1) is 5.92 Å².